The number of anilines is 1. The van der Waals surface area contributed by atoms with Crippen molar-refractivity contribution < 1.29 is 4.39 Å². The van der Waals surface area contributed by atoms with Crippen LogP contribution in [0.4, 0.5) is 10.2 Å². The lowest BCUT2D eigenvalue weighted by atomic mass is 10.1. The molecule has 5 heteroatoms. The fourth-order valence-electron chi connectivity index (χ4n) is 1.38. The molecule has 0 bridgehead atoms. The SMILES string of the molecule is Nc1ncccc1-c1ccc(Br)c(Cl)c1F. The second-order valence-electron chi connectivity index (χ2n) is 3.16. The zero-order valence-corrected chi connectivity index (χ0v) is 10.4. The molecule has 2 aromatic rings. The summed E-state index contributed by atoms with van der Waals surface area (Å²) in [5.41, 5.74) is 6.56. The summed E-state index contributed by atoms with van der Waals surface area (Å²) in [4.78, 5) is 3.91. The van der Waals surface area contributed by atoms with Gasteiger partial charge in [0.15, 0.2) is 5.82 Å². The van der Waals surface area contributed by atoms with Crippen molar-refractivity contribution in [2.45, 2.75) is 0 Å². The third kappa shape index (κ3) is 1.90. The zero-order valence-electron chi connectivity index (χ0n) is 8.05. The van der Waals surface area contributed by atoms with Crippen molar-refractivity contribution in [1.29, 1.82) is 0 Å². The molecule has 2 nitrogen and oxygen atoms in total. The molecule has 2 N–H and O–H groups in total. The summed E-state index contributed by atoms with van der Waals surface area (Å²) in [6.45, 7) is 0. The van der Waals surface area contributed by atoms with E-state index in [1.807, 2.05) is 0 Å². The highest BCUT2D eigenvalue weighted by molar-refractivity contribution is 9.10. The molecule has 0 radical (unpaired) electrons. The second-order valence-corrected chi connectivity index (χ2v) is 4.39. The number of nitrogens with zero attached hydrogens (tertiary/aromatic N) is 1. The summed E-state index contributed by atoms with van der Waals surface area (Å²) in [7, 11) is 0. The number of hydrogen-bond donors (Lipinski definition) is 1. The first kappa shape index (κ1) is 11.4. The fourth-order valence-corrected chi connectivity index (χ4v) is 1.85. The molecular weight excluding hydrogens is 294 g/mol. The van der Waals surface area contributed by atoms with Crippen LogP contribution in [0.3, 0.4) is 0 Å². The monoisotopic (exact) mass is 300 g/mol. The van der Waals surface area contributed by atoms with Crippen molar-refractivity contribution in [3.05, 3.63) is 45.8 Å². The Morgan fingerprint density at radius 3 is 2.69 bits per heavy atom. The second kappa shape index (κ2) is 4.39. The summed E-state index contributed by atoms with van der Waals surface area (Å²) >= 11 is 8.95. The van der Waals surface area contributed by atoms with E-state index in [2.05, 4.69) is 20.9 Å². The van der Waals surface area contributed by atoms with Crippen molar-refractivity contribution in [1.82, 2.24) is 4.98 Å². The first-order valence-corrected chi connectivity index (χ1v) is 5.62. The number of nitrogens with two attached hydrogens (primary N) is 1. The van der Waals surface area contributed by atoms with Crippen molar-refractivity contribution in [2.75, 3.05) is 5.73 Å². The van der Waals surface area contributed by atoms with Gasteiger partial charge in [0.25, 0.3) is 0 Å². The standard InChI is InChI=1S/C11H7BrClFN2/c12-8-4-3-6(10(14)9(8)13)7-2-1-5-16-11(7)15/h1-5H,(H2,15,16). The van der Waals surface area contributed by atoms with Gasteiger partial charge in [0.05, 0.1) is 5.02 Å². The van der Waals surface area contributed by atoms with Gasteiger partial charge in [-0.3, -0.25) is 0 Å². The Balaban J connectivity index is 2.66. The Kier molecular flexibility index (Phi) is 3.12. The normalized spacial score (nSPS) is 10.4. The number of benzene rings is 1. The minimum atomic E-state index is -0.504. The van der Waals surface area contributed by atoms with E-state index in [1.54, 1.807) is 30.5 Å². The van der Waals surface area contributed by atoms with Gasteiger partial charge >= 0.3 is 0 Å². The van der Waals surface area contributed by atoms with Crippen LogP contribution < -0.4 is 5.73 Å². The molecule has 0 aliphatic carbocycles. The number of nitrogen functional groups attached to an aromatic ring is 1. The number of hydrogen-bond acceptors (Lipinski definition) is 2. The van der Waals surface area contributed by atoms with Gasteiger partial charge in [-0.2, -0.15) is 0 Å². The molecule has 0 aliphatic heterocycles. The predicted molar refractivity (Wildman–Crippen MR) is 66.8 cm³/mol. The molecule has 1 aromatic heterocycles. The Hall–Kier alpha value is -1.13. The molecule has 2 rings (SSSR count). The molecule has 0 saturated carbocycles. The van der Waals surface area contributed by atoms with E-state index in [1.165, 1.54) is 0 Å². The van der Waals surface area contributed by atoms with Crippen LogP contribution in [0.25, 0.3) is 11.1 Å². The van der Waals surface area contributed by atoms with E-state index in [9.17, 15) is 4.39 Å². The number of aromatic nitrogens is 1. The summed E-state index contributed by atoms with van der Waals surface area (Å²) in [5, 5.41) is 0.0424. The Morgan fingerprint density at radius 2 is 2.00 bits per heavy atom. The van der Waals surface area contributed by atoms with E-state index in [-0.39, 0.29) is 10.8 Å². The van der Waals surface area contributed by atoms with Crippen LogP contribution in [0, 0.1) is 5.82 Å². The van der Waals surface area contributed by atoms with Gasteiger partial charge in [-0.15, -0.1) is 0 Å². The van der Waals surface area contributed by atoms with Gasteiger partial charge in [0.2, 0.25) is 0 Å². The first-order valence-electron chi connectivity index (χ1n) is 4.45. The molecule has 0 unspecified atom stereocenters. The Morgan fingerprint density at radius 1 is 1.25 bits per heavy atom. The van der Waals surface area contributed by atoms with Gasteiger partial charge < -0.3 is 5.73 Å². The minimum Gasteiger partial charge on any atom is -0.383 e. The topological polar surface area (TPSA) is 38.9 Å². The van der Waals surface area contributed by atoms with Crippen LogP contribution in [-0.2, 0) is 0 Å². The number of rotatable bonds is 1. The molecule has 16 heavy (non-hydrogen) atoms. The lowest BCUT2D eigenvalue weighted by Gasteiger charge is -2.07. The lowest BCUT2D eigenvalue weighted by molar-refractivity contribution is 0.631. The lowest BCUT2D eigenvalue weighted by Crippen LogP contribution is -1.95. The molecular formula is C11H7BrClFN2. The number of halogens is 3. The summed E-state index contributed by atoms with van der Waals surface area (Å²) in [5.74, 6) is -0.226. The van der Waals surface area contributed by atoms with Crippen molar-refractivity contribution in [2.24, 2.45) is 0 Å². The molecule has 0 spiro atoms. The average Bonchev–Trinajstić information content (AvgIpc) is 2.28. The highest BCUT2D eigenvalue weighted by atomic mass is 79.9. The molecule has 0 atom stereocenters. The molecule has 82 valence electrons. The summed E-state index contributed by atoms with van der Waals surface area (Å²) in [6, 6.07) is 6.68. The van der Waals surface area contributed by atoms with E-state index < -0.39 is 5.82 Å². The van der Waals surface area contributed by atoms with E-state index in [4.69, 9.17) is 17.3 Å². The molecule has 0 amide bonds. The Labute approximate surface area is 105 Å². The highest BCUT2D eigenvalue weighted by Gasteiger charge is 2.13. The van der Waals surface area contributed by atoms with Crippen LogP contribution in [0.2, 0.25) is 5.02 Å². The highest BCUT2D eigenvalue weighted by Crippen LogP contribution is 2.34. The molecule has 0 fully saturated rings. The Bertz CT molecular complexity index is 546. The maximum absolute atomic E-state index is 13.9. The smallest absolute Gasteiger partial charge is 0.150 e. The largest absolute Gasteiger partial charge is 0.383 e. The first-order chi connectivity index (χ1) is 7.61. The fraction of sp³-hybridized carbons (Fsp3) is 0. The number of pyridine rings is 1. The molecule has 1 aromatic carbocycles. The minimum absolute atomic E-state index is 0.0424. The maximum atomic E-state index is 13.9. The van der Waals surface area contributed by atoms with Crippen molar-refractivity contribution >= 4 is 33.3 Å². The van der Waals surface area contributed by atoms with Crippen LogP contribution in [0.5, 0.6) is 0 Å². The third-order valence-electron chi connectivity index (χ3n) is 2.16. The van der Waals surface area contributed by atoms with Crippen LogP contribution >= 0.6 is 27.5 Å². The van der Waals surface area contributed by atoms with Gasteiger partial charge in [0.1, 0.15) is 5.82 Å². The maximum Gasteiger partial charge on any atom is 0.150 e. The van der Waals surface area contributed by atoms with Crippen LogP contribution in [0.15, 0.2) is 34.9 Å². The molecule has 0 aliphatic rings. The van der Waals surface area contributed by atoms with Crippen LogP contribution in [-0.4, -0.2) is 4.98 Å². The van der Waals surface area contributed by atoms with Gasteiger partial charge in [-0.1, -0.05) is 17.7 Å². The molecule has 0 saturated heterocycles. The van der Waals surface area contributed by atoms with Gasteiger partial charge in [0, 0.05) is 21.8 Å². The van der Waals surface area contributed by atoms with E-state index in [0.717, 1.165) is 0 Å². The summed E-state index contributed by atoms with van der Waals surface area (Å²) in [6.07, 6.45) is 1.55. The third-order valence-corrected chi connectivity index (χ3v) is 3.42. The van der Waals surface area contributed by atoms with Crippen molar-refractivity contribution in [3.8, 4) is 11.1 Å². The molecule has 1 heterocycles. The van der Waals surface area contributed by atoms with Crippen molar-refractivity contribution in [3.63, 3.8) is 0 Å². The zero-order chi connectivity index (χ0) is 11.7. The average molecular weight is 302 g/mol. The van der Waals surface area contributed by atoms with Gasteiger partial charge in [-0.25, -0.2) is 9.37 Å². The van der Waals surface area contributed by atoms with E-state index >= 15 is 0 Å². The van der Waals surface area contributed by atoms with Crippen LogP contribution in [0.1, 0.15) is 0 Å². The quantitative estimate of drug-likeness (QED) is 0.812. The van der Waals surface area contributed by atoms with Gasteiger partial charge in [-0.05, 0) is 34.1 Å². The summed E-state index contributed by atoms with van der Waals surface area (Å²) < 4.78 is 14.4. The van der Waals surface area contributed by atoms with E-state index in [0.29, 0.717) is 15.6 Å². The predicted octanol–water partition coefficient (Wildman–Crippen LogP) is 3.89.